The first kappa shape index (κ1) is 30.9. The number of imidazole rings is 1. The molecule has 8 N–H and O–H groups in total. The number of phosphoric ester groups is 2. The summed E-state index contributed by atoms with van der Waals surface area (Å²) in [6.07, 6.45) is -10.3. The van der Waals surface area contributed by atoms with Gasteiger partial charge in [0.1, 0.15) is 48.5 Å². The number of hydrogen-bond acceptors (Lipinski definition) is 17. The van der Waals surface area contributed by atoms with Gasteiger partial charge in [-0.3, -0.25) is 13.7 Å². The molecule has 0 amide bonds. The van der Waals surface area contributed by atoms with Crippen LogP contribution in [-0.2, 0) is 32.0 Å². The Labute approximate surface area is 229 Å². The molecule has 0 saturated carbocycles. The average Bonchev–Trinajstić information content (AvgIpc) is 3.42. The Morgan fingerprint density at radius 2 is 1.59 bits per heavy atom. The second kappa shape index (κ2) is 11.8. The molecule has 2 aliphatic heterocycles. The minimum absolute atomic E-state index is 0. The van der Waals surface area contributed by atoms with E-state index in [-0.39, 0.29) is 46.5 Å². The zero-order chi connectivity index (χ0) is 26.4. The van der Waals surface area contributed by atoms with Crippen LogP contribution >= 0.6 is 15.6 Å². The third-order valence-electron chi connectivity index (χ3n) is 5.34. The summed E-state index contributed by atoms with van der Waals surface area (Å²) in [6, 6.07) is 0. The zero-order valence-electron chi connectivity index (χ0n) is 18.9. The van der Waals surface area contributed by atoms with E-state index in [4.69, 9.17) is 15.2 Å². The predicted octanol–water partition coefficient (Wildman–Crippen LogP) is -6.91. The van der Waals surface area contributed by atoms with Gasteiger partial charge in [0.2, 0.25) is 0 Å². The van der Waals surface area contributed by atoms with Gasteiger partial charge in [0, 0.05) is 0 Å². The molecular weight excluding hydrogens is 559 g/mol. The minimum Gasteiger partial charge on any atom is -0.756 e. The van der Waals surface area contributed by atoms with Crippen molar-refractivity contribution in [2.75, 3.05) is 18.9 Å². The Bertz CT molecular complexity index is 1190. The molecule has 2 aromatic rings. The number of rotatable bonds is 9. The standard InChI is InChI=1S/C15H23N5O14P2.Na/c16-12-7-13(18-3-17-12)20(4-19-7)14-10(23)8(21)5(32-14)1-30-35(26,27)34-36(28,29)31-2-6-9(22)11(24)15(25)33-6;/h3-6,8-11,14-15,21-25H,1-2H2,(H,26,27)(H,28,29)(H2,16,17,18);/q;+1/p-1/t5-,6-,8-,9-,10-,11-,14-,15?;/m1./s1. The number of nitrogen functional groups attached to an aromatic ring is 1. The second-order valence-electron chi connectivity index (χ2n) is 7.76. The van der Waals surface area contributed by atoms with Crippen LogP contribution in [-0.4, -0.2) is 106 Å². The zero-order valence-corrected chi connectivity index (χ0v) is 22.7. The predicted molar refractivity (Wildman–Crippen MR) is 109 cm³/mol. The van der Waals surface area contributed by atoms with Crippen molar-refractivity contribution >= 4 is 32.6 Å². The topological polar surface area (TPSA) is 294 Å². The fourth-order valence-corrected chi connectivity index (χ4v) is 5.58. The van der Waals surface area contributed by atoms with Gasteiger partial charge in [-0.1, -0.05) is 0 Å². The van der Waals surface area contributed by atoms with E-state index >= 15 is 0 Å². The Kier molecular flexibility index (Phi) is 9.87. The second-order valence-corrected chi connectivity index (χ2v) is 10.8. The molecule has 202 valence electrons. The molecule has 4 heterocycles. The summed E-state index contributed by atoms with van der Waals surface area (Å²) in [7, 11) is -10.9. The number of hydrogen-bond donors (Lipinski definition) is 7. The van der Waals surface area contributed by atoms with Crippen LogP contribution < -0.4 is 40.2 Å². The summed E-state index contributed by atoms with van der Waals surface area (Å²) in [5.74, 6) is 0.0492. The average molecular weight is 581 g/mol. The molecule has 0 spiro atoms. The van der Waals surface area contributed by atoms with Crippen LogP contribution in [0.2, 0.25) is 0 Å². The van der Waals surface area contributed by atoms with E-state index in [1.807, 2.05) is 0 Å². The fraction of sp³-hybridized carbons (Fsp3) is 0.667. The van der Waals surface area contributed by atoms with Crippen molar-refractivity contribution in [2.45, 2.75) is 49.1 Å². The van der Waals surface area contributed by atoms with Crippen molar-refractivity contribution < 1.29 is 96.8 Å². The Morgan fingerprint density at radius 1 is 0.973 bits per heavy atom. The van der Waals surface area contributed by atoms with Gasteiger partial charge < -0.3 is 55.1 Å². The molecule has 4 rings (SSSR count). The molecule has 0 bridgehead atoms. The van der Waals surface area contributed by atoms with Crippen molar-refractivity contribution in [3.8, 4) is 0 Å². The number of anilines is 1. The minimum atomic E-state index is -5.56. The Hall–Kier alpha value is -0.670. The van der Waals surface area contributed by atoms with Gasteiger partial charge in [-0.25, -0.2) is 23.8 Å². The quantitative estimate of drug-likeness (QED) is 0.107. The van der Waals surface area contributed by atoms with E-state index in [0.717, 1.165) is 6.33 Å². The number of nitrogens with two attached hydrogens (primary N) is 1. The molecule has 37 heavy (non-hydrogen) atoms. The first-order valence-corrected chi connectivity index (χ1v) is 13.0. The number of ether oxygens (including phenoxy) is 2. The van der Waals surface area contributed by atoms with Crippen molar-refractivity contribution in [3.63, 3.8) is 0 Å². The van der Waals surface area contributed by atoms with E-state index < -0.39 is 78.0 Å². The molecule has 0 aromatic carbocycles. The van der Waals surface area contributed by atoms with Gasteiger partial charge in [0.25, 0.3) is 7.82 Å². The van der Waals surface area contributed by atoms with Crippen LogP contribution in [0.25, 0.3) is 11.2 Å². The molecule has 2 fully saturated rings. The van der Waals surface area contributed by atoms with Gasteiger partial charge in [0.15, 0.2) is 24.0 Å². The molecule has 10 atom stereocenters. The number of phosphoric acid groups is 2. The third-order valence-corrected chi connectivity index (χ3v) is 7.90. The van der Waals surface area contributed by atoms with Gasteiger partial charge in [-0.15, -0.1) is 0 Å². The molecular formula is C15H22N5NaO14P2. The summed E-state index contributed by atoms with van der Waals surface area (Å²) in [6.45, 7) is -1.88. The van der Waals surface area contributed by atoms with Crippen LogP contribution in [0.15, 0.2) is 12.7 Å². The van der Waals surface area contributed by atoms with Crippen LogP contribution in [0.1, 0.15) is 6.23 Å². The van der Waals surface area contributed by atoms with Gasteiger partial charge >= 0.3 is 37.4 Å². The maximum Gasteiger partial charge on any atom is 1.00 e. The van der Waals surface area contributed by atoms with E-state index in [0.29, 0.717) is 0 Å². The van der Waals surface area contributed by atoms with Crippen molar-refractivity contribution in [3.05, 3.63) is 12.7 Å². The van der Waals surface area contributed by atoms with Crippen molar-refractivity contribution in [1.82, 2.24) is 19.5 Å². The van der Waals surface area contributed by atoms with E-state index in [1.165, 1.54) is 10.9 Å². The fourth-order valence-electron chi connectivity index (χ4n) is 3.53. The van der Waals surface area contributed by atoms with E-state index in [9.17, 15) is 44.4 Å². The van der Waals surface area contributed by atoms with E-state index in [1.54, 1.807) is 0 Å². The molecule has 2 aliphatic rings. The summed E-state index contributed by atoms with van der Waals surface area (Å²) in [4.78, 5) is 33.4. The molecule has 22 heteroatoms. The summed E-state index contributed by atoms with van der Waals surface area (Å²) < 4.78 is 48.4. The Morgan fingerprint density at radius 3 is 2.24 bits per heavy atom. The van der Waals surface area contributed by atoms with Gasteiger partial charge in [-0.2, -0.15) is 0 Å². The number of aliphatic hydroxyl groups excluding tert-OH is 5. The molecule has 0 radical (unpaired) electrons. The number of nitrogens with zero attached hydrogens (tertiary/aromatic N) is 4. The maximum atomic E-state index is 12.0. The van der Waals surface area contributed by atoms with Crippen LogP contribution in [0.3, 0.4) is 0 Å². The van der Waals surface area contributed by atoms with Gasteiger partial charge in [-0.05, 0) is 0 Å². The number of aromatic nitrogens is 4. The number of aliphatic hydroxyl groups is 5. The van der Waals surface area contributed by atoms with E-state index in [2.05, 4.69) is 28.3 Å². The first-order chi connectivity index (χ1) is 16.8. The smallest absolute Gasteiger partial charge is 0.756 e. The summed E-state index contributed by atoms with van der Waals surface area (Å²) >= 11 is 0. The van der Waals surface area contributed by atoms with Crippen LogP contribution in [0, 0.1) is 0 Å². The SMILES string of the molecule is Nc1ncnc2c1ncn2[C@@H]1O[C@H](COP(=O)([O-])OP(=O)(O)OC[C@H]2OC(O)[C@H](O)[C@@H]2O)[C@@H](O)[C@H]1O.[Na+]. The monoisotopic (exact) mass is 581 g/mol. The first-order valence-electron chi connectivity index (χ1n) is 10.1. The molecule has 0 aliphatic carbocycles. The third kappa shape index (κ3) is 6.74. The van der Waals surface area contributed by atoms with Crippen molar-refractivity contribution in [1.29, 1.82) is 0 Å². The molecule has 2 saturated heterocycles. The summed E-state index contributed by atoms with van der Waals surface area (Å²) in [5, 5.41) is 48.9. The largest absolute Gasteiger partial charge is 1.00 e. The summed E-state index contributed by atoms with van der Waals surface area (Å²) in [5.41, 5.74) is 6.06. The van der Waals surface area contributed by atoms with Gasteiger partial charge in [0.05, 0.1) is 19.5 Å². The normalized spacial score (nSPS) is 35.2. The Balaban J connectivity index is 0.00000380. The van der Waals surface area contributed by atoms with Crippen LogP contribution in [0.4, 0.5) is 5.82 Å². The maximum absolute atomic E-state index is 12.0. The molecule has 3 unspecified atom stereocenters. The molecule has 2 aromatic heterocycles. The molecule has 19 nitrogen and oxygen atoms in total. The van der Waals surface area contributed by atoms with Crippen LogP contribution in [0.5, 0.6) is 0 Å². The number of fused-ring (bicyclic) bond motifs is 1. The van der Waals surface area contributed by atoms with Crippen molar-refractivity contribution in [2.24, 2.45) is 0 Å².